The Morgan fingerprint density at radius 3 is 2.54 bits per heavy atom. The van der Waals surface area contributed by atoms with Gasteiger partial charge >= 0.3 is 5.97 Å². The van der Waals surface area contributed by atoms with Crippen molar-refractivity contribution in [3.05, 3.63) is 75.8 Å². The van der Waals surface area contributed by atoms with Crippen molar-refractivity contribution in [1.29, 1.82) is 0 Å². The fraction of sp³-hybridized carbons (Fsp3) is 0.0500. The first-order valence-electron chi connectivity index (χ1n) is 8.38. The van der Waals surface area contributed by atoms with Gasteiger partial charge in [0, 0.05) is 23.3 Å². The molecule has 0 aliphatic carbocycles. The van der Waals surface area contributed by atoms with Gasteiger partial charge < -0.3 is 5.11 Å². The molecule has 4 rings (SSSR count). The molecule has 0 aliphatic rings. The van der Waals surface area contributed by atoms with Crippen molar-refractivity contribution >= 4 is 22.7 Å². The smallest absolute Gasteiger partial charge is 0.336 e. The van der Waals surface area contributed by atoms with Gasteiger partial charge in [0.05, 0.1) is 27.3 Å². The number of nitro groups is 1. The minimum atomic E-state index is -1.13. The summed E-state index contributed by atoms with van der Waals surface area (Å²) >= 11 is 0. The molecule has 0 saturated heterocycles. The summed E-state index contributed by atoms with van der Waals surface area (Å²) in [6, 6.07) is 15.0. The molecule has 0 radical (unpaired) electrons. The van der Waals surface area contributed by atoms with E-state index in [9.17, 15) is 20.0 Å². The molecule has 2 N–H and O–H groups in total. The van der Waals surface area contributed by atoms with Crippen LogP contribution in [-0.2, 0) is 0 Å². The van der Waals surface area contributed by atoms with E-state index < -0.39 is 10.9 Å². The average molecular weight is 374 g/mol. The van der Waals surface area contributed by atoms with Crippen molar-refractivity contribution in [3.8, 4) is 22.5 Å². The molecule has 28 heavy (non-hydrogen) atoms. The van der Waals surface area contributed by atoms with Crippen molar-refractivity contribution in [1.82, 2.24) is 15.2 Å². The highest BCUT2D eigenvalue weighted by Crippen LogP contribution is 2.32. The zero-order valence-electron chi connectivity index (χ0n) is 14.7. The van der Waals surface area contributed by atoms with Gasteiger partial charge in [-0.2, -0.15) is 5.10 Å². The molecule has 2 aromatic heterocycles. The lowest BCUT2D eigenvalue weighted by Crippen LogP contribution is -2.00. The van der Waals surface area contributed by atoms with Crippen LogP contribution in [0.25, 0.3) is 33.5 Å². The third-order valence-electron chi connectivity index (χ3n) is 4.45. The van der Waals surface area contributed by atoms with E-state index in [0.29, 0.717) is 22.3 Å². The Balaban J connectivity index is 1.94. The molecule has 8 nitrogen and oxygen atoms in total. The van der Waals surface area contributed by atoms with Crippen LogP contribution in [-0.4, -0.2) is 31.2 Å². The highest BCUT2D eigenvalue weighted by molar-refractivity contribution is 6.08. The summed E-state index contributed by atoms with van der Waals surface area (Å²) in [4.78, 5) is 27.0. The second kappa shape index (κ2) is 6.58. The summed E-state index contributed by atoms with van der Waals surface area (Å²) in [5, 5.41) is 28.1. The Hall–Kier alpha value is -4.07. The number of hydrogen-bond donors (Lipinski definition) is 2. The molecule has 0 fully saturated rings. The number of aromatic nitrogens is 3. The second-order valence-electron chi connectivity index (χ2n) is 6.33. The minimum Gasteiger partial charge on any atom is -0.478 e. The van der Waals surface area contributed by atoms with Gasteiger partial charge in [0.2, 0.25) is 0 Å². The molecule has 0 spiro atoms. The number of benzene rings is 2. The topological polar surface area (TPSA) is 122 Å². The zero-order valence-corrected chi connectivity index (χ0v) is 14.7. The fourth-order valence-corrected chi connectivity index (χ4v) is 3.05. The standard InChI is InChI=1S/C20H14N4O4/c1-11-5-7-12(8-6-11)16-10-15(20(25)26)17-18(22-23-19(17)21-16)13-3-2-4-14(9-13)24(27)28/h2-10H,1H3,(H,25,26)(H,21,22,23). The monoisotopic (exact) mass is 374 g/mol. The van der Waals surface area contributed by atoms with E-state index >= 15 is 0 Å². The average Bonchev–Trinajstić information content (AvgIpc) is 3.11. The summed E-state index contributed by atoms with van der Waals surface area (Å²) in [7, 11) is 0. The Labute approximate surface area is 158 Å². The normalized spacial score (nSPS) is 10.9. The van der Waals surface area contributed by atoms with Gasteiger partial charge in [0.15, 0.2) is 5.65 Å². The first kappa shape index (κ1) is 17.3. The van der Waals surface area contributed by atoms with Crippen molar-refractivity contribution in [3.63, 3.8) is 0 Å². The van der Waals surface area contributed by atoms with E-state index in [-0.39, 0.29) is 16.9 Å². The molecule has 2 aromatic carbocycles. The Morgan fingerprint density at radius 2 is 1.86 bits per heavy atom. The lowest BCUT2D eigenvalue weighted by molar-refractivity contribution is -0.384. The minimum absolute atomic E-state index is 0.0239. The van der Waals surface area contributed by atoms with E-state index in [1.165, 1.54) is 24.3 Å². The molecule has 0 unspecified atom stereocenters. The van der Waals surface area contributed by atoms with E-state index in [1.54, 1.807) is 6.07 Å². The number of aryl methyl sites for hydroxylation is 1. The third kappa shape index (κ3) is 2.96. The lowest BCUT2D eigenvalue weighted by atomic mass is 10.0. The van der Waals surface area contributed by atoms with Crippen LogP contribution in [0, 0.1) is 17.0 Å². The maximum Gasteiger partial charge on any atom is 0.336 e. The van der Waals surface area contributed by atoms with E-state index in [0.717, 1.165) is 11.1 Å². The summed E-state index contributed by atoms with van der Waals surface area (Å²) < 4.78 is 0. The van der Waals surface area contributed by atoms with Crippen LogP contribution in [0.2, 0.25) is 0 Å². The predicted molar refractivity (Wildman–Crippen MR) is 103 cm³/mol. The summed E-state index contributed by atoms with van der Waals surface area (Å²) in [5.41, 5.74) is 3.34. The van der Waals surface area contributed by atoms with Crippen molar-refractivity contribution in [2.75, 3.05) is 0 Å². The van der Waals surface area contributed by atoms with Crippen LogP contribution in [0.1, 0.15) is 15.9 Å². The highest BCUT2D eigenvalue weighted by Gasteiger charge is 2.20. The molecule has 0 bridgehead atoms. The molecule has 0 atom stereocenters. The predicted octanol–water partition coefficient (Wildman–Crippen LogP) is 4.21. The summed E-state index contributed by atoms with van der Waals surface area (Å²) in [5.74, 6) is -1.13. The summed E-state index contributed by atoms with van der Waals surface area (Å²) in [6.07, 6.45) is 0. The maximum atomic E-state index is 11.9. The quantitative estimate of drug-likeness (QED) is 0.408. The van der Waals surface area contributed by atoms with Crippen LogP contribution < -0.4 is 0 Å². The number of H-pyrrole nitrogens is 1. The zero-order chi connectivity index (χ0) is 19.8. The Bertz CT molecular complexity index is 1230. The van der Waals surface area contributed by atoms with Crippen molar-refractivity contribution in [2.45, 2.75) is 6.92 Å². The number of pyridine rings is 1. The number of hydrogen-bond acceptors (Lipinski definition) is 5. The number of nitrogens with zero attached hydrogens (tertiary/aromatic N) is 3. The summed E-state index contributed by atoms with van der Waals surface area (Å²) in [6.45, 7) is 1.96. The molecule has 2 heterocycles. The van der Waals surface area contributed by atoms with Gasteiger partial charge in [0.1, 0.15) is 0 Å². The number of carboxylic acid groups (broad SMARTS) is 1. The molecule has 8 heteroatoms. The number of aromatic amines is 1. The maximum absolute atomic E-state index is 11.9. The van der Waals surface area contributed by atoms with Crippen LogP contribution in [0.4, 0.5) is 5.69 Å². The molecular weight excluding hydrogens is 360 g/mol. The van der Waals surface area contributed by atoms with Crippen molar-refractivity contribution < 1.29 is 14.8 Å². The number of rotatable bonds is 4. The lowest BCUT2D eigenvalue weighted by Gasteiger charge is -2.06. The molecular formula is C20H14N4O4. The fourth-order valence-electron chi connectivity index (χ4n) is 3.05. The highest BCUT2D eigenvalue weighted by atomic mass is 16.6. The van der Waals surface area contributed by atoms with Crippen molar-refractivity contribution in [2.24, 2.45) is 0 Å². The van der Waals surface area contributed by atoms with Crippen LogP contribution >= 0.6 is 0 Å². The molecule has 0 saturated carbocycles. The van der Waals surface area contributed by atoms with E-state index in [4.69, 9.17) is 0 Å². The Kier molecular flexibility index (Phi) is 4.08. The number of fused-ring (bicyclic) bond motifs is 1. The number of non-ortho nitro benzene ring substituents is 1. The van der Waals surface area contributed by atoms with Gasteiger partial charge in [-0.3, -0.25) is 15.2 Å². The van der Waals surface area contributed by atoms with Gasteiger partial charge in [-0.25, -0.2) is 9.78 Å². The number of carboxylic acids is 1. The van der Waals surface area contributed by atoms with Gasteiger partial charge in [-0.1, -0.05) is 42.0 Å². The number of nitro benzene ring substituents is 1. The van der Waals surface area contributed by atoms with Crippen LogP contribution in [0.3, 0.4) is 0 Å². The van der Waals surface area contributed by atoms with Gasteiger partial charge in [-0.15, -0.1) is 0 Å². The number of nitrogens with one attached hydrogen (secondary N) is 1. The van der Waals surface area contributed by atoms with Crippen LogP contribution in [0.15, 0.2) is 54.6 Å². The molecule has 4 aromatic rings. The SMILES string of the molecule is Cc1ccc(-c2cc(C(=O)O)c3c(-c4cccc([N+](=O)[O-])c4)[nH]nc3n2)cc1. The number of carbonyl (C=O) groups is 1. The van der Waals surface area contributed by atoms with Crippen LogP contribution in [0.5, 0.6) is 0 Å². The largest absolute Gasteiger partial charge is 0.478 e. The third-order valence-corrected chi connectivity index (χ3v) is 4.45. The van der Waals surface area contributed by atoms with E-state index in [2.05, 4.69) is 15.2 Å². The first-order valence-corrected chi connectivity index (χ1v) is 8.38. The van der Waals surface area contributed by atoms with Gasteiger partial charge in [-0.05, 0) is 13.0 Å². The number of aromatic carboxylic acids is 1. The first-order chi connectivity index (χ1) is 13.4. The second-order valence-corrected chi connectivity index (χ2v) is 6.33. The molecule has 0 amide bonds. The molecule has 138 valence electrons. The van der Waals surface area contributed by atoms with Gasteiger partial charge in [0.25, 0.3) is 5.69 Å². The van der Waals surface area contributed by atoms with E-state index in [1.807, 2.05) is 31.2 Å². The molecule has 0 aliphatic heterocycles. The Morgan fingerprint density at radius 1 is 1.11 bits per heavy atom.